The monoisotopic (exact) mass is 373 g/mol. The van der Waals surface area contributed by atoms with E-state index in [9.17, 15) is 14.0 Å². The Morgan fingerprint density at radius 1 is 1.19 bits per heavy atom. The minimum atomic E-state index is -0.768. The quantitative estimate of drug-likeness (QED) is 0.741. The first-order chi connectivity index (χ1) is 12.9. The molecule has 0 saturated heterocycles. The number of halogens is 1. The van der Waals surface area contributed by atoms with Crippen LogP contribution in [0.15, 0.2) is 48.5 Å². The molecule has 0 aromatic heterocycles. The van der Waals surface area contributed by atoms with Gasteiger partial charge in [-0.3, -0.25) is 14.5 Å². The molecule has 0 fully saturated rings. The van der Waals surface area contributed by atoms with E-state index in [1.54, 1.807) is 36.2 Å². The maximum Gasteiger partial charge on any atom is 0.246 e. The van der Waals surface area contributed by atoms with Crippen molar-refractivity contribution in [2.45, 2.75) is 12.6 Å². The molecule has 0 radical (unpaired) electrons. The summed E-state index contributed by atoms with van der Waals surface area (Å²) in [6, 6.07) is 12.9. The number of ether oxygens (including phenoxy) is 1. The van der Waals surface area contributed by atoms with Crippen LogP contribution in [0.3, 0.4) is 0 Å². The predicted molar refractivity (Wildman–Crippen MR) is 101 cm³/mol. The van der Waals surface area contributed by atoms with Gasteiger partial charge in [0, 0.05) is 13.6 Å². The Labute approximate surface area is 158 Å². The van der Waals surface area contributed by atoms with E-state index in [2.05, 4.69) is 10.6 Å². The number of likely N-dealkylation sites (N-methyl/N-ethyl adjacent to an activating group) is 2. The lowest BCUT2D eigenvalue weighted by Gasteiger charge is -2.21. The number of methoxy groups -OCH3 is 1. The van der Waals surface area contributed by atoms with Crippen LogP contribution in [0.4, 0.5) is 4.39 Å². The summed E-state index contributed by atoms with van der Waals surface area (Å²) < 4.78 is 18.7. The number of nitrogens with zero attached hydrogens (tertiary/aromatic N) is 1. The third-order valence-electron chi connectivity index (χ3n) is 4.03. The summed E-state index contributed by atoms with van der Waals surface area (Å²) in [6.07, 6.45) is 0. The van der Waals surface area contributed by atoms with Crippen LogP contribution in [0.2, 0.25) is 0 Å². The fourth-order valence-electron chi connectivity index (χ4n) is 2.72. The van der Waals surface area contributed by atoms with Gasteiger partial charge in [-0.2, -0.15) is 0 Å². The van der Waals surface area contributed by atoms with Crippen molar-refractivity contribution in [2.75, 3.05) is 27.7 Å². The molecule has 144 valence electrons. The van der Waals surface area contributed by atoms with E-state index in [4.69, 9.17) is 4.74 Å². The lowest BCUT2D eigenvalue weighted by atomic mass is 10.1. The van der Waals surface area contributed by atoms with Gasteiger partial charge in [0.05, 0.1) is 13.7 Å². The normalized spacial score (nSPS) is 11.7. The van der Waals surface area contributed by atoms with Crippen LogP contribution < -0.4 is 15.4 Å². The molecule has 0 aliphatic carbocycles. The van der Waals surface area contributed by atoms with Gasteiger partial charge in [0.15, 0.2) is 11.6 Å². The molecular weight excluding hydrogens is 349 g/mol. The first kappa shape index (κ1) is 20.4. The third kappa shape index (κ3) is 5.79. The lowest BCUT2D eigenvalue weighted by Crippen LogP contribution is -2.42. The summed E-state index contributed by atoms with van der Waals surface area (Å²) in [6.45, 7) is 0.443. The fourth-order valence-corrected chi connectivity index (χ4v) is 2.72. The van der Waals surface area contributed by atoms with Gasteiger partial charge in [-0.05, 0) is 30.3 Å². The SMILES string of the molecule is CNC(=O)C(NC(=O)CN(C)Cc1ccc(OC)c(F)c1)c1ccccc1. The zero-order valence-corrected chi connectivity index (χ0v) is 15.7. The standard InChI is InChI=1S/C20H24FN3O3/c1-22-20(26)19(15-7-5-4-6-8-15)23-18(25)13-24(2)12-14-9-10-17(27-3)16(21)11-14/h4-11,19H,12-13H2,1-3H3,(H,22,26)(H,23,25). The highest BCUT2D eigenvalue weighted by atomic mass is 19.1. The van der Waals surface area contributed by atoms with Crippen molar-refractivity contribution in [1.82, 2.24) is 15.5 Å². The first-order valence-corrected chi connectivity index (χ1v) is 8.51. The van der Waals surface area contributed by atoms with Crippen molar-refractivity contribution in [2.24, 2.45) is 0 Å². The van der Waals surface area contributed by atoms with Crippen molar-refractivity contribution in [3.63, 3.8) is 0 Å². The summed E-state index contributed by atoms with van der Waals surface area (Å²) in [7, 11) is 4.68. The molecule has 1 unspecified atom stereocenters. The van der Waals surface area contributed by atoms with Crippen molar-refractivity contribution < 1.29 is 18.7 Å². The Balaban J connectivity index is 1.98. The second-order valence-electron chi connectivity index (χ2n) is 6.17. The molecule has 27 heavy (non-hydrogen) atoms. The average Bonchev–Trinajstić information content (AvgIpc) is 2.66. The number of nitrogens with one attached hydrogen (secondary N) is 2. The summed E-state index contributed by atoms with van der Waals surface area (Å²) in [5, 5.41) is 5.30. The number of hydrogen-bond donors (Lipinski definition) is 2. The predicted octanol–water partition coefficient (Wildman–Crippen LogP) is 1.87. The highest BCUT2D eigenvalue weighted by molar-refractivity contribution is 5.89. The zero-order valence-electron chi connectivity index (χ0n) is 15.7. The highest BCUT2D eigenvalue weighted by Crippen LogP contribution is 2.18. The van der Waals surface area contributed by atoms with Crippen LogP contribution >= 0.6 is 0 Å². The Hall–Kier alpha value is -2.93. The Kier molecular flexibility index (Phi) is 7.31. The van der Waals surface area contributed by atoms with Gasteiger partial charge in [-0.15, -0.1) is 0 Å². The van der Waals surface area contributed by atoms with Crippen molar-refractivity contribution in [1.29, 1.82) is 0 Å². The van der Waals surface area contributed by atoms with Gasteiger partial charge >= 0.3 is 0 Å². The molecule has 0 aliphatic heterocycles. The number of rotatable bonds is 8. The van der Waals surface area contributed by atoms with Gasteiger partial charge < -0.3 is 15.4 Å². The van der Waals surface area contributed by atoms with Crippen LogP contribution in [-0.4, -0.2) is 44.5 Å². The minimum Gasteiger partial charge on any atom is -0.494 e. The molecule has 2 aromatic carbocycles. The number of carbonyl (C=O) groups excluding carboxylic acids is 2. The van der Waals surface area contributed by atoms with Gasteiger partial charge in [-0.25, -0.2) is 4.39 Å². The molecular formula is C20H24FN3O3. The van der Waals surface area contributed by atoms with E-state index in [-0.39, 0.29) is 24.1 Å². The molecule has 0 heterocycles. The molecule has 0 bridgehead atoms. The van der Waals surface area contributed by atoms with Crippen LogP contribution in [0.5, 0.6) is 5.75 Å². The summed E-state index contributed by atoms with van der Waals surface area (Å²) in [5.74, 6) is -0.870. The van der Waals surface area contributed by atoms with E-state index < -0.39 is 11.9 Å². The molecule has 0 saturated carbocycles. The van der Waals surface area contributed by atoms with Gasteiger partial charge in [0.1, 0.15) is 6.04 Å². The number of hydrogen-bond acceptors (Lipinski definition) is 4. The molecule has 2 rings (SSSR count). The molecule has 6 nitrogen and oxygen atoms in total. The number of amides is 2. The second-order valence-corrected chi connectivity index (χ2v) is 6.17. The molecule has 7 heteroatoms. The van der Waals surface area contributed by atoms with Gasteiger partial charge in [0.25, 0.3) is 0 Å². The summed E-state index contributed by atoms with van der Waals surface area (Å²) >= 11 is 0. The molecule has 0 aliphatic rings. The molecule has 0 spiro atoms. The maximum absolute atomic E-state index is 13.8. The van der Waals surface area contributed by atoms with E-state index in [1.165, 1.54) is 20.2 Å². The summed E-state index contributed by atoms with van der Waals surface area (Å²) in [5.41, 5.74) is 1.42. The minimum absolute atomic E-state index is 0.0635. The summed E-state index contributed by atoms with van der Waals surface area (Å²) in [4.78, 5) is 26.3. The van der Waals surface area contributed by atoms with Gasteiger partial charge in [-0.1, -0.05) is 36.4 Å². The molecule has 2 aromatic rings. The molecule has 1 atom stereocenters. The maximum atomic E-state index is 13.8. The van der Waals surface area contributed by atoms with Crippen LogP contribution in [0.25, 0.3) is 0 Å². The molecule has 2 N–H and O–H groups in total. The highest BCUT2D eigenvalue weighted by Gasteiger charge is 2.22. The van der Waals surface area contributed by atoms with E-state index in [0.717, 1.165) is 5.56 Å². The third-order valence-corrected chi connectivity index (χ3v) is 4.03. The Morgan fingerprint density at radius 3 is 2.48 bits per heavy atom. The smallest absolute Gasteiger partial charge is 0.246 e. The number of carbonyl (C=O) groups is 2. The van der Waals surface area contributed by atoms with E-state index in [0.29, 0.717) is 12.1 Å². The zero-order chi connectivity index (χ0) is 19.8. The van der Waals surface area contributed by atoms with Crippen molar-refractivity contribution >= 4 is 11.8 Å². The Bertz CT molecular complexity index is 783. The lowest BCUT2D eigenvalue weighted by molar-refractivity contribution is -0.129. The van der Waals surface area contributed by atoms with Crippen LogP contribution in [-0.2, 0) is 16.1 Å². The van der Waals surface area contributed by atoms with Crippen LogP contribution in [0.1, 0.15) is 17.2 Å². The molecule has 2 amide bonds. The van der Waals surface area contributed by atoms with Crippen molar-refractivity contribution in [3.8, 4) is 5.75 Å². The van der Waals surface area contributed by atoms with E-state index >= 15 is 0 Å². The topological polar surface area (TPSA) is 70.7 Å². The average molecular weight is 373 g/mol. The van der Waals surface area contributed by atoms with Crippen LogP contribution in [0, 0.1) is 5.82 Å². The number of benzene rings is 2. The van der Waals surface area contributed by atoms with E-state index in [1.807, 2.05) is 18.2 Å². The van der Waals surface area contributed by atoms with Crippen molar-refractivity contribution in [3.05, 3.63) is 65.5 Å². The Morgan fingerprint density at radius 2 is 1.89 bits per heavy atom. The second kappa shape index (κ2) is 9.68. The largest absolute Gasteiger partial charge is 0.494 e. The van der Waals surface area contributed by atoms with Gasteiger partial charge in [0.2, 0.25) is 11.8 Å². The fraction of sp³-hybridized carbons (Fsp3) is 0.300. The first-order valence-electron chi connectivity index (χ1n) is 8.51.